The topological polar surface area (TPSA) is 117 Å². The van der Waals surface area contributed by atoms with Gasteiger partial charge in [-0.25, -0.2) is 17.9 Å². The van der Waals surface area contributed by atoms with Crippen LogP contribution in [0.25, 0.3) is 0 Å². The van der Waals surface area contributed by atoms with E-state index in [1.807, 2.05) is 0 Å². The van der Waals surface area contributed by atoms with Crippen LogP contribution < -0.4 is 4.72 Å². The molecule has 21 heavy (non-hydrogen) atoms. The summed E-state index contributed by atoms with van der Waals surface area (Å²) in [4.78, 5) is 24.8. The summed E-state index contributed by atoms with van der Waals surface area (Å²) >= 11 is 0. The van der Waals surface area contributed by atoms with Gasteiger partial charge in [0.15, 0.2) is 0 Å². The number of amides is 1. The molecule has 1 aromatic heterocycles. The number of aliphatic carboxylic acids is 1. The Labute approximate surface area is 121 Å². The van der Waals surface area contributed by atoms with Crippen LogP contribution in [0.2, 0.25) is 0 Å². The third-order valence-electron chi connectivity index (χ3n) is 3.46. The van der Waals surface area contributed by atoms with E-state index in [0.29, 0.717) is 19.4 Å². The molecule has 1 atom stereocenters. The first kappa shape index (κ1) is 15.5. The summed E-state index contributed by atoms with van der Waals surface area (Å²) in [5.74, 6) is -1.45. The summed E-state index contributed by atoms with van der Waals surface area (Å²) in [7, 11) is -2.56. The number of rotatable bonds is 4. The van der Waals surface area contributed by atoms with Gasteiger partial charge in [0.2, 0.25) is 5.09 Å². The van der Waals surface area contributed by atoms with Crippen molar-refractivity contribution >= 4 is 21.9 Å². The highest BCUT2D eigenvalue weighted by molar-refractivity contribution is 7.89. The molecule has 1 amide bonds. The van der Waals surface area contributed by atoms with Crippen LogP contribution in [-0.4, -0.2) is 49.9 Å². The van der Waals surface area contributed by atoms with Crippen molar-refractivity contribution in [2.75, 3.05) is 13.6 Å². The summed E-state index contributed by atoms with van der Waals surface area (Å²) in [5.41, 5.74) is 0.0666. The van der Waals surface area contributed by atoms with Gasteiger partial charge >= 0.3 is 5.97 Å². The predicted octanol–water partition coefficient (Wildman–Crippen LogP) is 0.185. The fourth-order valence-electron chi connectivity index (χ4n) is 2.32. The first-order valence-electron chi connectivity index (χ1n) is 6.35. The number of hydrogen-bond acceptors (Lipinski definition) is 5. The van der Waals surface area contributed by atoms with Crippen LogP contribution >= 0.6 is 0 Å². The highest BCUT2D eigenvalue weighted by Crippen LogP contribution is 2.25. The minimum atomic E-state index is -3.79. The molecule has 9 heteroatoms. The Balaban J connectivity index is 2.34. The monoisotopic (exact) mass is 316 g/mol. The number of carboxylic acid groups (broad SMARTS) is 1. The number of carbonyl (C=O) groups is 2. The molecule has 1 aliphatic rings. The molecule has 0 spiro atoms. The summed E-state index contributed by atoms with van der Waals surface area (Å²) in [6.45, 7) is 1.79. The average molecular weight is 316 g/mol. The number of aryl methyl sites for hydroxylation is 1. The van der Waals surface area contributed by atoms with Gasteiger partial charge in [0, 0.05) is 12.6 Å². The van der Waals surface area contributed by atoms with Crippen LogP contribution in [0.1, 0.15) is 29.0 Å². The Morgan fingerprint density at radius 3 is 2.71 bits per heavy atom. The Kier molecular flexibility index (Phi) is 4.06. The molecule has 2 heterocycles. The van der Waals surface area contributed by atoms with Gasteiger partial charge in [-0.2, -0.15) is 0 Å². The maximum Gasteiger partial charge on any atom is 0.326 e. The molecule has 0 bridgehead atoms. The van der Waals surface area contributed by atoms with Gasteiger partial charge in [0.05, 0.1) is 5.56 Å². The molecule has 8 nitrogen and oxygen atoms in total. The number of nitrogens with one attached hydrogen (secondary N) is 1. The highest BCUT2D eigenvalue weighted by atomic mass is 32.2. The van der Waals surface area contributed by atoms with Crippen molar-refractivity contribution in [2.24, 2.45) is 0 Å². The van der Waals surface area contributed by atoms with Crippen molar-refractivity contribution in [1.29, 1.82) is 0 Å². The Hall–Kier alpha value is -1.87. The summed E-state index contributed by atoms with van der Waals surface area (Å²) in [5, 5.41) is 8.73. The maximum absolute atomic E-state index is 12.4. The van der Waals surface area contributed by atoms with E-state index in [9.17, 15) is 18.0 Å². The van der Waals surface area contributed by atoms with E-state index in [4.69, 9.17) is 9.52 Å². The second-order valence-corrected chi connectivity index (χ2v) is 6.56. The summed E-state index contributed by atoms with van der Waals surface area (Å²) < 4.78 is 30.5. The van der Waals surface area contributed by atoms with Gasteiger partial charge in [-0.15, -0.1) is 0 Å². The number of carboxylic acids is 1. The molecule has 0 aromatic carbocycles. The van der Waals surface area contributed by atoms with E-state index in [-0.39, 0.29) is 16.4 Å². The molecule has 1 saturated heterocycles. The number of carbonyl (C=O) groups excluding carboxylic acids is 1. The van der Waals surface area contributed by atoms with Crippen molar-refractivity contribution in [2.45, 2.75) is 30.9 Å². The Morgan fingerprint density at radius 2 is 2.14 bits per heavy atom. The van der Waals surface area contributed by atoms with Gasteiger partial charge in [-0.1, -0.05) is 0 Å². The Bertz CT molecular complexity index is 678. The molecular weight excluding hydrogens is 300 g/mol. The molecule has 0 radical (unpaired) electrons. The number of sulfonamides is 1. The van der Waals surface area contributed by atoms with Gasteiger partial charge in [-0.3, -0.25) is 4.79 Å². The molecule has 0 aliphatic carbocycles. The van der Waals surface area contributed by atoms with Crippen LogP contribution in [0.15, 0.2) is 15.6 Å². The van der Waals surface area contributed by atoms with Gasteiger partial charge < -0.3 is 14.4 Å². The smallest absolute Gasteiger partial charge is 0.326 e. The van der Waals surface area contributed by atoms with Crippen molar-refractivity contribution < 1.29 is 27.5 Å². The fraction of sp³-hybridized carbons (Fsp3) is 0.500. The van der Waals surface area contributed by atoms with Crippen LogP contribution in [0, 0.1) is 6.92 Å². The number of furan rings is 1. The highest BCUT2D eigenvalue weighted by Gasteiger charge is 2.36. The van der Waals surface area contributed by atoms with E-state index >= 15 is 0 Å². The molecular formula is C12H16N2O6S. The lowest BCUT2D eigenvalue weighted by Crippen LogP contribution is -2.40. The lowest BCUT2D eigenvalue weighted by atomic mass is 10.2. The van der Waals surface area contributed by atoms with E-state index in [2.05, 4.69) is 4.72 Å². The maximum atomic E-state index is 12.4. The molecule has 1 aliphatic heterocycles. The zero-order valence-electron chi connectivity index (χ0n) is 11.6. The molecule has 0 unspecified atom stereocenters. The van der Waals surface area contributed by atoms with Gasteiger partial charge in [0.1, 0.15) is 11.8 Å². The van der Waals surface area contributed by atoms with Crippen molar-refractivity contribution in [3.63, 3.8) is 0 Å². The molecule has 116 valence electrons. The standard InChI is InChI=1S/C12H16N2O6S/c1-7-8(6-10(20-7)21(18,19)13-2)11(15)14-5-3-4-9(14)12(16)17/h6,9,13H,3-5H2,1-2H3,(H,16,17)/t9-/m1/s1. The van der Waals surface area contributed by atoms with Crippen LogP contribution in [-0.2, 0) is 14.8 Å². The first-order chi connectivity index (χ1) is 9.77. The zero-order chi connectivity index (χ0) is 15.8. The average Bonchev–Trinajstić information content (AvgIpc) is 3.04. The van der Waals surface area contributed by atoms with E-state index in [1.165, 1.54) is 18.9 Å². The Morgan fingerprint density at radius 1 is 1.48 bits per heavy atom. The van der Waals surface area contributed by atoms with E-state index in [0.717, 1.165) is 6.07 Å². The number of hydrogen-bond donors (Lipinski definition) is 2. The molecule has 1 aromatic rings. The lowest BCUT2D eigenvalue weighted by Gasteiger charge is -2.20. The molecule has 0 saturated carbocycles. The zero-order valence-corrected chi connectivity index (χ0v) is 12.4. The van der Waals surface area contributed by atoms with Crippen LogP contribution in [0.4, 0.5) is 0 Å². The minimum absolute atomic E-state index is 0.0666. The van der Waals surface area contributed by atoms with Crippen LogP contribution in [0.3, 0.4) is 0 Å². The van der Waals surface area contributed by atoms with Crippen molar-refractivity contribution in [3.05, 3.63) is 17.4 Å². The minimum Gasteiger partial charge on any atom is -0.480 e. The molecule has 2 rings (SSSR count). The second kappa shape index (κ2) is 5.49. The summed E-state index contributed by atoms with van der Waals surface area (Å²) in [6.07, 6.45) is 0.987. The van der Waals surface area contributed by atoms with Crippen LogP contribution in [0.5, 0.6) is 0 Å². The third kappa shape index (κ3) is 2.79. The summed E-state index contributed by atoms with van der Waals surface area (Å²) in [6, 6.07) is 0.247. The quantitative estimate of drug-likeness (QED) is 0.818. The van der Waals surface area contributed by atoms with Crippen molar-refractivity contribution in [3.8, 4) is 0 Å². The third-order valence-corrected chi connectivity index (χ3v) is 4.73. The van der Waals surface area contributed by atoms with E-state index in [1.54, 1.807) is 0 Å². The molecule has 1 fully saturated rings. The first-order valence-corrected chi connectivity index (χ1v) is 7.84. The number of likely N-dealkylation sites (tertiary alicyclic amines) is 1. The molecule has 2 N–H and O–H groups in total. The normalized spacial score (nSPS) is 19.0. The van der Waals surface area contributed by atoms with Crippen molar-refractivity contribution in [1.82, 2.24) is 9.62 Å². The fourth-order valence-corrected chi connectivity index (χ4v) is 3.03. The van der Waals surface area contributed by atoms with E-state index < -0.39 is 27.9 Å². The van der Waals surface area contributed by atoms with Gasteiger partial charge in [-0.05, 0) is 26.8 Å². The largest absolute Gasteiger partial charge is 0.480 e. The number of nitrogens with zero attached hydrogens (tertiary/aromatic N) is 1. The second-order valence-electron chi connectivity index (χ2n) is 4.74. The van der Waals surface area contributed by atoms with Gasteiger partial charge in [0.25, 0.3) is 15.9 Å². The predicted molar refractivity (Wildman–Crippen MR) is 71.4 cm³/mol. The SMILES string of the molecule is CNS(=O)(=O)c1cc(C(=O)N2CCC[C@@H]2C(=O)O)c(C)o1. The lowest BCUT2D eigenvalue weighted by molar-refractivity contribution is -0.141.